The van der Waals surface area contributed by atoms with Gasteiger partial charge in [-0.2, -0.15) is 0 Å². The Hall–Kier alpha value is -3.55. The zero-order valence-corrected chi connectivity index (χ0v) is 21.6. The number of benzene rings is 1. The van der Waals surface area contributed by atoms with Crippen molar-refractivity contribution in [2.75, 3.05) is 23.3 Å². The molecule has 0 aliphatic carbocycles. The van der Waals surface area contributed by atoms with Crippen molar-refractivity contribution in [1.29, 1.82) is 0 Å². The lowest BCUT2D eigenvalue weighted by molar-refractivity contribution is -0.114. The number of piperidine rings is 1. The number of anilines is 3. The summed E-state index contributed by atoms with van der Waals surface area (Å²) in [6.07, 6.45) is 9.19. The van der Waals surface area contributed by atoms with Gasteiger partial charge >= 0.3 is 0 Å². The van der Waals surface area contributed by atoms with Gasteiger partial charge in [0.25, 0.3) is 11.5 Å². The first-order valence-corrected chi connectivity index (χ1v) is 13.7. The lowest BCUT2D eigenvalue weighted by Gasteiger charge is -2.35. The van der Waals surface area contributed by atoms with Crippen LogP contribution in [0.5, 0.6) is 0 Å². The van der Waals surface area contributed by atoms with Crippen molar-refractivity contribution < 1.29 is 9.90 Å². The van der Waals surface area contributed by atoms with Crippen LogP contribution in [0.25, 0.3) is 11.1 Å². The van der Waals surface area contributed by atoms with Crippen molar-refractivity contribution in [3.05, 3.63) is 76.0 Å². The second kappa shape index (κ2) is 9.72. The van der Waals surface area contributed by atoms with Crippen molar-refractivity contribution in [3.63, 3.8) is 0 Å². The first kappa shape index (κ1) is 23.8. The molecule has 9 nitrogen and oxygen atoms in total. The molecule has 37 heavy (non-hydrogen) atoms. The van der Waals surface area contributed by atoms with Crippen LogP contribution in [0, 0.1) is 0 Å². The van der Waals surface area contributed by atoms with E-state index in [1.54, 1.807) is 31.6 Å². The maximum Gasteiger partial charge on any atom is 0.274 e. The number of amides is 1. The summed E-state index contributed by atoms with van der Waals surface area (Å²) in [7, 11) is 2.21. The number of aryl methyl sites for hydroxylation is 1. The quantitative estimate of drug-likeness (QED) is 0.500. The number of hydrogen-bond acceptors (Lipinski definition) is 7. The zero-order chi connectivity index (χ0) is 25.5. The fourth-order valence-electron chi connectivity index (χ4n) is 5.65. The van der Waals surface area contributed by atoms with E-state index in [4.69, 9.17) is 0 Å². The Balaban J connectivity index is 1.37. The molecule has 0 bridgehead atoms. The van der Waals surface area contributed by atoms with Gasteiger partial charge in [-0.05, 0) is 43.0 Å². The summed E-state index contributed by atoms with van der Waals surface area (Å²) in [5, 5.41) is 14.5. The first-order chi connectivity index (χ1) is 18.0. The van der Waals surface area contributed by atoms with E-state index in [-0.39, 0.29) is 18.1 Å². The predicted molar refractivity (Wildman–Crippen MR) is 145 cm³/mol. The predicted octanol–water partition coefficient (Wildman–Crippen LogP) is 3.53. The Bertz CT molecular complexity index is 1450. The summed E-state index contributed by atoms with van der Waals surface area (Å²) >= 11 is 0. The third kappa shape index (κ3) is 4.22. The number of aliphatic hydroxyl groups excluding tert-OH is 1. The van der Waals surface area contributed by atoms with E-state index >= 15 is 0 Å². The Morgan fingerprint density at radius 2 is 2.08 bits per heavy atom. The fraction of sp³-hybridized carbons (Fsp3) is 0.333. The van der Waals surface area contributed by atoms with Crippen LogP contribution in [0.3, 0.4) is 0 Å². The molecule has 2 aromatic heterocycles. The minimum absolute atomic E-state index is 0.0624. The normalized spacial score (nSPS) is 19.8. The molecule has 3 aromatic rings. The molecular formula is C27H29N6O3P. The van der Waals surface area contributed by atoms with E-state index in [0.29, 0.717) is 38.0 Å². The molecule has 1 fully saturated rings. The zero-order valence-electron chi connectivity index (χ0n) is 20.6. The largest absolute Gasteiger partial charge is 0.392 e. The molecule has 0 radical (unpaired) electrons. The number of pyridine rings is 1. The van der Waals surface area contributed by atoms with E-state index in [1.165, 1.54) is 29.4 Å². The molecule has 1 saturated heterocycles. The van der Waals surface area contributed by atoms with Crippen LogP contribution in [0.1, 0.15) is 31.2 Å². The number of aromatic nitrogens is 3. The fourth-order valence-corrected chi connectivity index (χ4v) is 7.47. The average Bonchev–Trinajstić information content (AvgIpc) is 3.31. The molecule has 3 aliphatic rings. The number of rotatable bonds is 5. The van der Waals surface area contributed by atoms with Crippen LogP contribution in [0.15, 0.2) is 64.9 Å². The standard InChI is InChI=1S/C27H29N6O3P/c1-31-14-17(13-20(26(31)35)30-23-8-10-28-16-29-23)18-5-4-6-21(19(18)15-34)33-12-9-22-25(27(33)36)37-24-7-2-3-11-32(22)24/h4-6,8,10,13-14,16,24,34,37H,2-3,7,9,11-12,15H2,1H3,(H,28,29,30). The van der Waals surface area contributed by atoms with Gasteiger partial charge in [0.2, 0.25) is 0 Å². The van der Waals surface area contributed by atoms with Crippen molar-refractivity contribution in [3.8, 4) is 11.1 Å². The molecule has 1 amide bonds. The molecule has 2 N–H and O–H groups in total. The van der Waals surface area contributed by atoms with Crippen LogP contribution in [0.4, 0.5) is 17.2 Å². The van der Waals surface area contributed by atoms with Crippen LogP contribution in [-0.4, -0.2) is 49.3 Å². The molecule has 0 saturated carbocycles. The number of nitrogens with zero attached hydrogens (tertiary/aromatic N) is 5. The van der Waals surface area contributed by atoms with E-state index in [1.807, 2.05) is 23.1 Å². The SMILES string of the molecule is Cn1cc(-c2cccc(N3CCC4=C(PC5CCCCN45)C3=O)c2CO)cc(Nc2ccncn2)c1=O. The maximum atomic E-state index is 13.7. The molecule has 2 atom stereocenters. The first-order valence-electron chi connectivity index (χ1n) is 12.6. The van der Waals surface area contributed by atoms with Crippen LogP contribution >= 0.6 is 8.58 Å². The third-order valence-corrected chi connectivity index (χ3v) is 9.14. The third-order valence-electron chi connectivity index (χ3n) is 7.42. The Labute approximate surface area is 216 Å². The van der Waals surface area contributed by atoms with Crippen LogP contribution in [0.2, 0.25) is 0 Å². The number of hydrogen-bond donors (Lipinski definition) is 2. The van der Waals surface area contributed by atoms with Gasteiger partial charge in [0.15, 0.2) is 0 Å². The molecule has 2 unspecified atom stereocenters. The van der Waals surface area contributed by atoms with Gasteiger partial charge in [0.05, 0.1) is 23.4 Å². The summed E-state index contributed by atoms with van der Waals surface area (Å²) in [5.41, 5.74) is 4.34. The van der Waals surface area contributed by atoms with Gasteiger partial charge in [-0.3, -0.25) is 9.59 Å². The second-order valence-electron chi connectivity index (χ2n) is 9.62. The summed E-state index contributed by atoms with van der Waals surface area (Å²) in [6.45, 7) is 1.42. The van der Waals surface area contributed by atoms with Gasteiger partial charge in [-0.15, -0.1) is 0 Å². The second-order valence-corrected chi connectivity index (χ2v) is 11.1. The minimum atomic E-state index is -0.226. The molecular weight excluding hydrogens is 487 g/mol. The maximum absolute atomic E-state index is 13.7. The van der Waals surface area contributed by atoms with E-state index in [0.717, 1.165) is 41.5 Å². The lowest BCUT2D eigenvalue weighted by Crippen LogP contribution is -2.39. The van der Waals surface area contributed by atoms with Crippen molar-refractivity contribution >= 4 is 31.7 Å². The number of carbonyl (C=O) groups excluding carboxylic acids is 1. The van der Waals surface area contributed by atoms with Gasteiger partial charge < -0.3 is 24.8 Å². The number of carbonyl (C=O) groups is 1. The van der Waals surface area contributed by atoms with Crippen molar-refractivity contribution in [1.82, 2.24) is 19.4 Å². The van der Waals surface area contributed by atoms with Crippen LogP contribution in [-0.2, 0) is 18.4 Å². The smallest absolute Gasteiger partial charge is 0.274 e. The van der Waals surface area contributed by atoms with Crippen LogP contribution < -0.4 is 15.8 Å². The van der Waals surface area contributed by atoms with Gasteiger partial charge in [-0.1, -0.05) is 20.7 Å². The molecule has 190 valence electrons. The molecule has 10 heteroatoms. The lowest BCUT2D eigenvalue weighted by atomic mass is 9.97. The van der Waals surface area contributed by atoms with Gasteiger partial charge in [0.1, 0.15) is 17.8 Å². The summed E-state index contributed by atoms with van der Waals surface area (Å²) < 4.78 is 1.51. The summed E-state index contributed by atoms with van der Waals surface area (Å²) in [5.74, 6) is 1.06. The van der Waals surface area contributed by atoms with Gasteiger partial charge in [0, 0.05) is 55.8 Å². The monoisotopic (exact) mass is 516 g/mol. The molecule has 3 aliphatic heterocycles. The highest BCUT2D eigenvalue weighted by Crippen LogP contribution is 2.51. The van der Waals surface area contributed by atoms with E-state index in [9.17, 15) is 14.7 Å². The number of nitrogens with one attached hydrogen (secondary N) is 1. The molecule has 0 spiro atoms. The highest BCUT2D eigenvalue weighted by atomic mass is 31.1. The minimum Gasteiger partial charge on any atom is -0.392 e. The molecule has 1 aromatic carbocycles. The van der Waals surface area contributed by atoms with Crippen molar-refractivity contribution in [2.45, 2.75) is 38.1 Å². The highest BCUT2D eigenvalue weighted by Gasteiger charge is 2.40. The Morgan fingerprint density at radius 1 is 1.19 bits per heavy atom. The van der Waals surface area contributed by atoms with E-state index < -0.39 is 0 Å². The number of aliphatic hydroxyl groups is 1. The average molecular weight is 517 g/mol. The van der Waals surface area contributed by atoms with Crippen molar-refractivity contribution in [2.24, 2.45) is 7.05 Å². The van der Waals surface area contributed by atoms with Gasteiger partial charge in [-0.25, -0.2) is 9.97 Å². The topological polar surface area (TPSA) is 104 Å². The molecule has 6 rings (SSSR count). The highest BCUT2D eigenvalue weighted by molar-refractivity contribution is 7.46. The summed E-state index contributed by atoms with van der Waals surface area (Å²) in [6, 6.07) is 9.18. The molecule has 5 heterocycles. The Kier molecular flexibility index (Phi) is 6.26. The Morgan fingerprint density at radius 3 is 2.89 bits per heavy atom. The summed E-state index contributed by atoms with van der Waals surface area (Å²) in [4.78, 5) is 38.9. The number of fused-ring (bicyclic) bond motifs is 2. The van der Waals surface area contributed by atoms with E-state index in [2.05, 4.69) is 20.2 Å².